The number of halogens is 1. The molecule has 142 valence electrons. The summed E-state index contributed by atoms with van der Waals surface area (Å²) in [5.74, 6) is 0.164. The molecule has 2 aliphatic rings. The zero-order valence-electron chi connectivity index (χ0n) is 15.9. The van der Waals surface area contributed by atoms with Crippen molar-refractivity contribution in [3.63, 3.8) is 0 Å². The topological polar surface area (TPSA) is 64.8 Å². The highest BCUT2D eigenvalue weighted by Gasteiger charge is 2.30. The van der Waals surface area contributed by atoms with Crippen LogP contribution in [-0.2, 0) is 11.2 Å². The molecule has 0 radical (unpaired) electrons. The molecular weight excluding hydrogens is 335 g/mol. The van der Waals surface area contributed by atoms with Crippen LogP contribution in [0.15, 0.2) is 12.1 Å². The van der Waals surface area contributed by atoms with Gasteiger partial charge in [-0.15, -0.1) is 0 Å². The van der Waals surface area contributed by atoms with Gasteiger partial charge in [0.25, 0.3) is 0 Å². The van der Waals surface area contributed by atoms with E-state index in [1.54, 1.807) is 11.0 Å². The normalized spacial score (nSPS) is 20.1. The van der Waals surface area contributed by atoms with Gasteiger partial charge in [-0.05, 0) is 52.2 Å². The van der Waals surface area contributed by atoms with Crippen molar-refractivity contribution in [1.82, 2.24) is 4.90 Å². The number of nitrogen functional groups attached to an aromatic ring is 1. The molecule has 1 atom stereocenters. The first-order chi connectivity index (χ1) is 12.2. The van der Waals surface area contributed by atoms with Gasteiger partial charge in [0.1, 0.15) is 11.4 Å². The van der Waals surface area contributed by atoms with Crippen molar-refractivity contribution >= 4 is 17.4 Å². The summed E-state index contributed by atoms with van der Waals surface area (Å²) in [5, 5.41) is 0. The second-order valence-corrected chi connectivity index (χ2v) is 7.99. The largest absolute Gasteiger partial charge is 0.492 e. The quantitative estimate of drug-likeness (QED) is 0.763. The zero-order chi connectivity index (χ0) is 19.1. The minimum atomic E-state index is -0.551. The molecule has 0 saturated carbocycles. The van der Waals surface area contributed by atoms with E-state index in [1.165, 1.54) is 0 Å². The van der Waals surface area contributed by atoms with Gasteiger partial charge in [0.2, 0.25) is 0 Å². The Morgan fingerprint density at radius 3 is 2.81 bits per heavy atom. The molecule has 1 unspecified atom stereocenters. The van der Waals surface area contributed by atoms with Crippen LogP contribution in [0.4, 0.5) is 14.9 Å². The Balaban J connectivity index is 1.91. The van der Waals surface area contributed by atoms with Crippen LogP contribution in [0.25, 0.3) is 5.57 Å². The number of ether oxygens (including phenoxy) is 2. The number of fused-ring (bicyclic) bond motifs is 1. The first-order valence-corrected chi connectivity index (χ1v) is 9.10. The van der Waals surface area contributed by atoms with Crippen molar-refractivity contribution in [1.29, 1.82) is 0 Å². The number of hydrogen-bond donors (Lipinski definition) is 1. The molecule has 0 bridgehead atoms. The number of carbonyl (C=O) groups is 1. The zero-order valence-corrected chi connectivity index (χ0v) is 15.9. The third kappa shape index (κ3) is 3.64. The van der Waals surface area contributed by atoms with E-state index in [1.807, 2.05) is 33.8 Å². The van der Waals surface area contributed by atoms with Crippen LogP contribution < -0.4 is 10.5 Å². The minimum Gasteiger partial charge on any atom is -0.492 e. The van der Waals surface area contributed by atoms with Crippen molar-refractivity contribution < 1.29 is 18.7 Å². The Kier molecular flexibility index (Phi) is 4.86. The van der Waals surface area contributed by atoms with Crippen LogP contribution >= 0.6 is 0 Å². The van der Waals surface area contributed by atoms with E-state index in [0.29, 0.717) is 37.3 Å². The second kappa shape index (κ2) is 6.82. The molecule has 3 rings (SSSR count). The summed E-state index contributed by atoms with van der Waals surface area (Å²) in [5.41, 5.74) is 7.70. The lowest BCUT2D eigenvalue weighted by molar-refractivity contribution is 0.0201. The standard InChI is InChI=1S/C20H27FN2O3/c1-12-5-6-13(7-9-23(12)19(24)26-20(2,3)4)16-17(21)15(22)11-14-8-10-25-18(14)16/h7,11-12H,5-6,8-10,22H2,1-4H3. The molecule has 6 heteroatoms. The van der Waals surface area contributed by atoms with E-state index in [4.69, 9.17) is 15.2 Å². The molecule has 0 spiro atoms. The molecule has 1 aromatic carbocycles. The van der Waals surface area contributed by atoms with E-state index in [9.17, 15) is 9.18 Å². The third-order valence-corrected chi connectivity index (χ3v) is 4.79. The molecule has 2 heterocycles. The summed E-state index contributed by atoms with van der Waals surface area (Å²) in [4.78, 5) is 14.2. The highest BCUT2D eigenvalue weighted by molar-refractivity contribution is 5.77. The van der Waals surface area contributed by atoms with Gasteiger partial charge in [-0.2, -0.15) is 0 Å². The van der Waals surface area contributed by atoms with Crippen molar-refractivity contribution in [2.45, 2.75) is 58.6 Å². The van der Waals surface area contributed by atoms with Crippen LogP contribution in [0, 0.1) is 5.82 Å². The Hall–Kier alpha value is -2.24. The molecule has 0 aromatic heterocycles. The van der Waals surface area contributed by atoms with E-state index in [2.05, 4.69) is 0 Å². The first-order valence-electron chi connectivity index (χ1n) is 9.10. The van der Waals surface area contributed by atoms with Gasteiger partial charge >= 0.3 is 6.09 Å². The monoisotopic (exact) mass is 362 g/mol. The lowest BCUT2D eigenvalue weighted by Gasteiger charge is -2.30. The summed E-state index contributed by atoms with van der Waals surface area (Å²) in [6.07, 6.45) is 3.65. The highest BCUT2D eigenvalue weighted by atomic mass is 19.1. The number of nitrogens with two attached hydrogens (primary N) is 1. The van der Waals surface area contributed by atoms with Gasteiger partial charge in [-0.3, -0.25) is 0 Å². The Labute approximate surface area is 153 Å². The number of benzene rings is 1. The molecule has 2 aliphatic heterocycles. The molecular formula is C20H27FN2O3. The van der Waals surface area contributed by atoms with Gasteiger partial charge in [-0.25, -0.2) is 9.18 Å². The SMILES string of the molecule is CC1CCC(c2c(F)c(N)cc3c2OCC3)=CCN1C(=O)OC(C)(C)C. The lowest BCUT2D eigenvalue weighted by Crippen LogP contribution is -2.41. The number of anilines is 1. The summed E-state index contributed by atoms with van der Waals surface area (Å²) >= 11 is 0. The summed E-state index contributed by atoms with van der Waals surface area (Å²) in [7, 11) is 0. The molecule has 0 fully saturated rings. The minimum absolute atomic E-state index is 0.00307. The van der Waals surface area contributed by atoms with Crippen LogP contribution in [0.3, 0.4) is 0 Å². The van der Waals surface area contributed by atoms with E-state index in [0.717, 1.165) is 17.6 Å². The molecule has 1 amide bonds. The van der Waals surface area contributed by atoms with Crippen molar-refractivity contribution in [2.24, 2.45) is 0 Å². The summed E-state index contributed by atoms with van der Waals surface area (Å²) in [6.45, 7) is 8.43. The van der Waals surface area contributed by atoms with Crippen LogP contribution in [0.1, 0.15) is 51.7 Å². The summed E-state index contributed by atoms with van der Waals surface area (Å²) in [6, 6.07) is 1.66. The van der Waals surface area contributed by atoms with Crippen LogP contribution in [0.5, 0.6) is 5.75 Å². The van der Waals surface area contributed by atoms with E-state index < -0.39 is 11.4 Å². The highest BCUT2D eigenvalue weighted by Crippen LogP contribution is 2.41. The van der Waals surface area contributed by atoms with E-state index in [-0.39, 0.29) is 17.8 Å². The lowest BCUT2D eigenvalue weighted by atomic mass is 9.95. The third-order valence-electron chi connectivity index (χ3n) is 4.79. The molecule has 1 aromatic rings. The van der Waals surface area contributed by atoms with Gasteiger partial charge in [0.05, 0.1) is 17.9 Å². The number of hydrogen-bond acceptors (Lipinski definition) is 4. The Morgan fingerprint density at radius 1 is 1.38 bits per heavy atom. The Bertz CT molecular complexity index is 752. The smallest absolute Gasteiger partial charge is 0.410 e. The molecule has 0 aliphatic carbocycles. The van der Waals surface area contributed by atoms with Gasteiger partial charge in [-0.1, -0.05) is 6.08 Å². The average molecular weight is 362 g/mol. The van der Waals surface area contributed by atoms with Crippen LogP contribution in [-0.4, -0.2) is 35.8 Å². The maximum atomic E-state index is 14.8. The predicted octanol–water partition coefficient (Wildman–Crippen LogP) is 4.15. The number of allylic oxidation sites excluding steroid dienone is 1. The van der Waals surface area contributed by atoms with Gasteiger partial charge < -0.3 is 20.1 Å². The maximum absolute atomic E-state index is 14.8. The fourth-order valence-corrected chi connectivity index (χ4v) is 3.43. The van der Waals surface area contributed by atoms with Crippen molar-refractivity contribution in [3.8, 4) is 5.75 Å². The first kappa shape index (κ1) is 18.5. The average Bonchev–Trinajstić information content (AvgIpc) is 2.89. The fraction of sp³-hybridized carbons (Fsp3) is 0.550. The second-order valence-electron chi connectivity index (χ2n) is 7.99. The van der Waals surface area contributed by atoms with Crippen molar-refractivity contribution in [3.05, 3.63) is 29.1 Å². The summed E-state index contributed by atoms with van der Waals surface area (Å²) < 4.78 is 26.0. The predicted molar refractivity (Wildman–Crippen MR) is 99.6 cm³/mol. The van der Waals surface area contributed by atoms with Crippen LogP contribution in [0.2, 0.25) is 0 Å². The Morgan fingerprint density at radius 2 is 2.12 bits per heavy atom. The number of rotatable bonds is 1. The maximum Gasteiger partial charge on any atom is 0.410 e. The van der Waals surface area contributed by atoms with Crippen molar-refractivity contribution in [2.75, 3.05) is 18.9 Å². The number of nitrogens with zero attached hydrogens (tertiary/aromatic N) is 1. The van der Waals surface area contributed by atoms with Gasteiger partial charge in [0.15, 0.2) is 5.82 Å². The molecule has 26 heavy (non-hydrogen) atoms. The number of amides is 1. The fourth-order valence-electron chi connectivity index (χ4n) is 3.43. The van der Waals surface area contributed by atoms with Gasteiger partial charge in [0, 0.05) is 24.6 Å². The molecule has 2 N–H and O–H groups in total. The number of carbonyl (C=O) groups excluding carboxylic acids is 1. The molecule has 0 saturated heterocycles. The molecule has 5 nitrogen and oxygen atoms in total. The van der Waals surface area contributed by atoms with E-state index >= 15 is 0 Å².